The average Bonchev–Trinajstić information content (AvgIpc) is 2.35. The molecule has 0 bridgehead atoms. The molecule has 1 saturated carbocycles. The van der Waals surface area contributed by atoms with E-state index in [-0.39, 0.29) is 0 Å². The van der Waals surface area contributed by atoms with Crippen LogP contribution in [0.15, 0.2) is 12.1 Å². The highest BCUT2D eigenvalue weighted by Gasteiger charge is 2.18. The SMILES string of the molecule is CCNc1cc(C)c(C2CCCCC2)cc1C. The lowest BCUT2D eigenvalue weighted by molar-refractivity contribution is 0.442. The number of anilines is 1. The zero-order valence-corrected chi connectivity index (χ0v) is 11.5. The second kappa shape index (κ2) is 5.57. The molecule has 1 aromatic rings. The quantitative estimate of drug-likeness (QED) is 0.789. The van der Waals surface area contributed by atoms with Gasteiger partial charge >= 0.3 is 0 Å². The first-order valence-corrected chi connectivity index (χ1v) is 7.07. The van der Waals surface area contributed by atoms with E-state index in [0.29, 0.717) is 0 Å². The van der Waals surface area contributed by atoms with Crippen molar-refractivity contribution in [3.05, 3.63) is 28.8 Å². The molecule has 0 heterocycles. The minimum atomic E-state index is 0.818. The predicted octanol–water partition coefficient (Wildman–Crippen LogP) is 4.78. The molecule has 0 unspecified atom stereocenters. The molecular formula is C16H25N. The van der Waals surface area contributed by atoms with E-state index in [1.807, 2.05) is 0 Å². The molecule has 1 aliphatic carbocycles. The minimum absolute atomic E-state index is 0.818. The molecule has 0 saturated heterocycles. The van der Waals surface area contributed by atoms with Gasteiger partial charge < -0.3 is 5.32 Å². The van der Waals surface area contributed by atoms with Crippen molar-refractivity contribution < 1.29 is 0 Å². The van der Waals surface area contributed by atoms with Gasteiger partial charge in [0, 0.05) is 12.2 Å². The fourth-order valence-corrected chi connectivity index (χ4v) is 3.07. The predicted molar refractivity (Wildman–Crippen MR) is 75.9 cm³/mol. The third kappa shape index (κ3) is 2.83. The smallest absolute Gasteiger partial charge is 0.0372 e. The molecule has 0 aliphatic heterocycles. The van der Waals surface area contributed by atoms with Crippen LogP contribution in [0.2, 0.25) is 0 Å². The number of hydrogen-bond acceptors (Lipinski definition) is 1. The molecule has 0 aromatic heterocycles. The first-order chi connectivity index (χ1) is 8.22. The molecule has 1 nitrogen and oxygen atoms in total. The van der Waals surface area contributed by atoms with Gasteiger partial charge in [-0.2, -0.15) is 0 Å². The largest absolute Gasteiger partial charge is 0.385 e. The van der Waals surface area contributed by atoms with Gasteiger partial charge in [0.2, 0.25) is 0 Å². The van der Waals surface area contributed by atoms with Crippen molar-refractivity contribution in [3.63, 3.8) is 0 Å². The van der Waals surface area contributed by atoms with E-state index >= 15 is 0 Å². The van der Waals surface area contributed by atoms with Gasteiger partial charge in [0.1, 0.15) is 0 Å². The molecule has 1 aromatic carbocycles. The number of hydrogen-bond donors (Lipinski definition) is 1. The van der Waals surface area contributed by atoms with Gasteiger partial charge in [0.05, 0.1) is 0 Å². The van der Waals surface area contributed by atoms with E-state index < -0.39 is 0 Å². The van der Waals surface area contributed by atoms with Crippen LogP contribution in [0.4, 0.5) is 5.69 Å². The molecule has 0 amide bonds. The summed E-state index contributed by atoms with van der Waals surface area (Å²) < 4.78 is 0. The Morgan fingerprint density at radius 1 is 1.06 bits per heavy atom. The van der Waals surface area contributed by atoms with Crippen molar-refractivity contribution in [1.29, 1.82) is 0 Å². The highest BCUT2D eigenvalue weighted by Crippen LogP contribution is 2.36. The monoisotopic (exact) mass is 231 g/mol. The molecule has 0 spiro atoms. The van der Waals surface area contributed by atoms with Gasteiger partial charge in [0.15, 0.2) is 0 Å². The molecule has 1 N–H and O–H groups in total. The second-order valence-electron chi connectivity index (χ2n) is 5.39. The van der Waals surface area contributed by atoms with Crippen LogP contribution in [0.5, 0.6) is 0 Å². The molecule has 2 rings (SSSR count). The maximum absolute atomic E-state index is 3.45. The topological polar surface area (TPSA) is 12.0 Å². The number of benzene rings is 1. The van der Waals surface area contributed by atoms with Crippen LogP contribution < -0.4 is 5.32 Å². The Morgan fingerprint density at radius 2 is 1.76 bits per heavy atom. The minimum Gasteiger partial charge on any atom is -0.385 e. The molecule has 1 fully saturated rings. The maximum atomic E-state index is 3.45. The summed E-state index contributed by atoms with van der Waals surface area (Å²) in [6.45, 7) is 7.65. The van der Waals surface area contributed by atoms with Crippen molar-refractivity contribution in [3.8, 4) is 0 Å². The van der Waals surface area contributed by atoms with E-state index in [4.69, 9.17) is 0 Å². The van der Waals surface area contributed by atoms with E-state index in [9.17, 15) is 0 Å². The third-order valence-corrected chi connectivity index (χ3v) is 4.03. The number of nitrogens with one attached hydrogen (secondary N) is 1. The molecule has 1 aliphatic rings. The van der Waals surface area contributed by atoms with Gasteiger partial charge in [-0.3, -0.25) is 0 Å². The summed E-state index contributed by atoms with van der Waals surface area (Å²) in [5.74, 6) is 0.818. The van der Waals surface area contributed by atoms with Crippen LogP contribution in [-0.4, -0.2) is 6.54 Å². The van der Waals surface area contributed by atoms with E-state index in [0.717, 1.165) is 12.5 Å². The van der Waals surface area contributed by atoms with Gasteiger partial charge in [-0.1, -0.05) is 25.3 Å². The van der Waals surface area contributed by atoms with E-state index in [1.165, 1.54) is 48.9 Å². The zero-order valence-electron chi connectivity index (χ0n) is 11.5. The van der Waals surface area contributed by atoms with Crippen molar-refractivity contribution in [2.75, 3.05) is 11.9 Å². The van der Waals surface area contributed by atoms with Gasteiger partial charge in [-0.05, 0) is 62.3 Å². The maximum Gasteiger partial charge on any atom is 0.0372 e. The average molecular weight is 231 g/mol. The first-order valence-electron chi connectivity index (χ1n) is 7.07. The number of aryl methyl sites for hydroxylation is 2. The van der Waals surface area contributed by atoms with Crippen molar-refractivity contribution in [1.82, 2.24) is 0 Å². The summed E-state index contributed by atoms with van der Waals surface area (Å²) in [6, 6.07) is 4.76. The summed E-state index contributed by atoms with van der Waals surface area (Å²) in [5.41, 5.74) is 5.78. The Balaban J connectivity index is 2.25. The highest BCUT2D eigenvalue weighted by molar-refractivity contribution is 5.55. The number of rotatable bonds is 3. The molecule has 0 atom stereocenters. The van der Waals surface area contributed by atoms with Gasteiger partial charge in [-0.15, -0.1) is 0 Å². The fourth-order valence-electron chi connectivity index (χ4n) is 3.07. The third-order valence-electron chi connectivity index (χ3n) is 4.03. The van der Waals surface area contributed by atoms with Crippen LogP contribution in [0.25, 0.3) is 0 Å². The summed E-state index contributed by atoms with van der Waals surface area (Å²) in [7, 11) is 0. The van der Waals surface area contributed by atoms with Crippen molar-refractivity contribution in [2.45, 2.75) is 58.8 Å². The Hall–Kier alpha value is -0.980. The summed E-state index contributed by atoms with van der Waals surface area (Å²) >= 11 is 0. The van der Waals surface area contributed by atoms with Gasteiger partial charge in [0.25, 0.3) is 0 Å². The lowest BCUT2D eigenvalue weighted by Gasteiger charge is -2.25. The van der Waals surface area contributed by atoms with Crippen LogP contribution in [0.1, 0.15) is 61.6 Å². The van der Waals surface area contributed by atoms with Gasteiger partial charge in [-0.25, -0.2) is 0 Å². The van der Waals surface area contributed by atoms with Crippen LogP contribution in [-0.2, 0) is 0 Å². The zero-order chi connectivity index (χ0) is 12.3. The van der Waals surface area contributed by atoms with Crippen molar-refractivity contribution >= 4 is 5.69 Å². The molecule has 0 radical (unpaired) electrons. The highest BCUT2D eigenvalue weighted by atomic mass is 14.9. The first kappa shape index (κ1) is 12.5. The lowest BCUT2D eigenvalue weighted by atomic mass is 9.81. The second-order valence-corrected chi connectivity index (χ2v) is 5.39. The van der Waals surface area contributed by atoms with Crippen LogP contribution in [0.3, 0.4) is 0 Å². The normalized spacial score (nSPS) is 17.1. The van der Waals surface area contributed by atoms with Crippen LogP contribution >= 0.6 is 0 Å². The molecule has 94 valence electrons. The molecule has 17 heavy (non-hydrogen) atoms. The summed E-state index contributed by atoms with van der Waals surface area (Å²) in [6.07, 6.45) is 7.04. The molecule has 1 heteroatoms. The van der Waals surface area contributed by atoms with Crippen molar-refractivity contribution in [2.24, 2.45) is 0 Å². The standard InChI is InChI=1S/C16H25N/c1-4-17-16-11-12(2)15(10-13(16)3)14-8-6-5-7-9-14/h10-11,14,17H,4-9H2,1-3H3. The lowest BCUT2D eigenvalue weighted by Crippen LogP contribution is -2.08. The van der Waals surface area contributed by atoms with E-state index in [1.54, 1.807) is 5.56 Å². The fraction of sp³-hybridized carbons (Fsp3) is 0.625. The Morgan fingerprint density at radius 3 is 2.41 bits per heavy atom. The van der Waals surface area contributed by atoms with Crippen LogP contribution in [0, 0.1) is 13.8 Å². The summed E-state index contributed by atoms with van der Waals surface area (Å²) in [5, 5.41) is 3.45. The van der Waals surface area contributed by atoms with E-state index in [2.05, 4.69) is 38.2 Å². The Kier molecular flexibility index (Phi) is 4.09. The molecular weight excluding hydrogens is 206 g/mol. The Labute approximate surface area is 106 Å². The summed E-state index contributed by atoms with van der Waals surface area (Å²) in [4.78, 5) is 0. The Bertz CT molecular complexity index is 375.